The fourth-order valence-electron chi connectivity index (χ4n) is 1.46. The Hall–Kier alpha value is -1.20. The van der Waals surface area contributed by atoms with Crippen LogP contribution in [0, 0.1) is 0 Å². The molecule has 6 heteroatoms. The van der Waals surface area contributed by atoms with Crippen LogP contribution in [0.1, 0.15) is 10.4 Å². The maximum Gasteiger partial charge on any atom is 0.156 e. The predicted molar refractivity (Wildman–Crippen MR) is 64.5 cm³/mol. The molecule has 0 aliphatic heterocycles. The summed E-state index contributed by atoms with van der Waals surface area (Å²) in [7, 11) is 1.76. The van der Waals surface area contributed by atoms with Crippen LogP contribution in [0.2, 0.25) is 5.02 Å². The summed E-state index contributed by atoms with van der Waals surface area (Å²) in [5, 5.41) is 8.26. The Morgan fingerprint density at radius 3 is 2.81 bits per heavy atom. The van der Waals surface area contributed by atoms with Crippen LogP contribution in [-0.4, -0.2) is 21.3 Å². The van der Waals surface area contributed by atoms with E-state index in [0.29, 0.717) is 15.2 Å². The molecule has 0 N–H and O–H groups in total. The molecule has 0 fully saturated rings. The van der Waals surface area contributed by atoms with Gasteiger partial charge in [-0.2, -0.15) is 0 Å². The van der Waals surface area contributed by atoms with E-state index < -0.39 is 0 Å². The van der Waals surface area contributed by atoms with Crippen LogP contribution < -0.4 is 0 Å². The third-order valence-electron chi connectivity index (χ3n) is 2.18. The lowest BCUT2D eigenvalue weighted by Gasteiger charge is -2.05. The maximum atomic E-state index is 11.0. The number of halogens is 2. The Morgan fingerprint density at radius 1 is 1.50 bits per heavy atom. The summed E-state index contributed by atoms with van der Waals surface area (Å²) >= 11 is 9.12. The molecule has 0 aliphatic rings. The van der Waals surface area contributed by atoms with Gasteiger partial charge in [-0.1, -0.05) is 22.9 Å². The summed E-state index contributed by atoms with van der Waals surface area (Å²) in [6.07, 6.45) is 0.765. The van der Waals surface area contributed by atoms with Gasteiger partial charge in [0.1, 0.15) is 5.69 Å². The van der Waals surface area contributed by atoms with Crippen molar-refractivity contribution in [2.45, 2.75) is 0 Å². The fourth-order valence-corrected chi connectivity index (χ4v) is 2.19. The number of benzene rings is 1. The van der Waals surface area contributed by atoms with Crippen LogP contribution in [0.3, 0.4) is 0 Å². The highest BCUT2D eigenvalue weighted by Gasteiger charge is 2.14. The first-order chi connectivity index (χ1) is 7.63. The van der Waals surface area contributed by atoms with Crippen molar-refractivity contribution >= 4 is 33.8 Å². The van der Waals surface area contributed by atoms with Crippen LogP contribution in [0.15, 0.2) is 22.8 Å². The summed E-state index contributed by atoms with van der Waals surface area (Å²) in [4.78, 5) is 11.0. The lowest BCUT2D eigenvalue weighted by Crippen LogP contribution is -1.97. The van der Waals surface area contributed by atoms with Gasteiger partial charge in [0.25, 0.3) is 0 Å². The second-order valence-electron chi connectivity index (χ2n) is 3.20. The highest BCUT2D eigenvalue weighted by Crippen LogP contribution is 2.29. The summed E-state index contributed by atoms with van der Waals surface area (Å²) in [5.74, 6) is 0. The summed E-state index contributed by atoms with van der Waals surface area (Å²) in [5.41, 5.74) is 2.01. The second kappa shape index (κ2) is 4.35. The zero-order valence-corrected chi connectivity index (χ0v) is 10.7. The minimum absolute atomic E-state index is 0.513. The van der Waals surface area contributed by atoms with Crippen molar-refractivity contribution in [3.05, 3.63) is 33.4 Å². The van der Waals surface area contributed by atoms with E-state index in [-0.39, 0.29) is 0 Å². The number of hydrogen-bond acceptors (Lipinski definition) is 3. The van der Waals surface area contributed by atoms with Crippen molar-refractivity contribution in [3.8, 4) is 11.3 Å². The first-order valence-corrected chi connectivity index (χ1v) is 5.61. The zero-order chi connectivity index (χ0) is 11.7. The van der Waals surface area contributed by atoms with Crippen LogP contribution in [-0.2, 0) is 7.05 Å². The number of aryl methyl sites for hydroxylation is 1. The van der Waals surface area contributed by atoms with Gasteiger partial charge < -0.3 is 0 Å². The molecule has 2 aromatic rings. The van der Waals surface area contributed by atoms with Crippen molar-refractivity contribution < 1.29 is 4.79 Å². The quantitative estimate of drug-likeness (QED) is 0.801. The number of rotatable bonds is 2. The molecule has 2 rings (SSSR count). The van der Waals surface area contributed by atoms with Crippen LogP contribution in [0.25, 0.3) is 11.3 Å². The largest absolute Gasteiger partial charge is 0.298 e. The summed E-state index contributed by atoms with van der Waals surface area (Å²) in [6.45, 7) is 0. The standard InChI is InChI=1S/C10H7BrClN3O/c1-15-9(10(11)13-14-15)8-3-2-7(12)4-6(8)5-16/h2-5H,1H3. The van der Waals surface area contributed by atoms with Crippen molar-refractivity contribution in [1.29, 1.82) is 0 Å². The molecule has 16 heavy (non-hydrogen) atoms. The lowest BCUT2D eigenvalue weighted by molar-refractivity contribution is 0.112. The van der Waals surface area contributed by atoms with Gasteiger partial charge in [-0.25, -0.2) is 4.68 Å². The van der Waals surface area contributed by atoms with E-state index in [2.05, 4.69) is 26.2 Å². The molecule has 0 aliphatic carbocycles. The van der Waals surface area contributed by atoms with Gasteiger partial charge in [0.15, 0.2) is 10.9 Å². The van der Waals surface area contributed by atoms with Crippen molar-refractivity contribution in [1.82, 2.24) is 15.0 Å². The highest BCUT2D eigenvalue weighted by molar-refractivity contribution is 9.10. The first-order valence-electron chi connectivity index (χ1n) is 4.43. The maximum absolute atomic E-state index is 11.0. The van der Waals surface area contributed by atoms with Crippen LogP contribution >= 0.6 is 27.5 Å². The van der Waals surface area contributed by atoms with Gasteiger partial charge in [0.05, 0.1) is 0 Å². The SMILES string of the molecule is Cn1nnc(Br)c1-c1ccc(Cl)cc1C=O. The van der Waals surface area contributed by atoms with Gasteiger partial charge in [-0.05, 0) is 28.1 Å². The number of carbonyl (C=O) groups is 1. The monoisotopic (exact) mass is 299 g/mol. The van der Waals surface area contributed by atoms with Crippen LogP contribution in [0.4, 0.5) is 0 Å². The average Bonchev–Trinajstić information content (AvgIpc) is 2.59. The summed E-state index contributed by atoms with van der Waals surface area (Å²) < 4.78 is 2.20. The summed E-state index contributed by atoms with van der Waals surface area (Å²) in [6, 6.07) is 5.11. The molecule has 1 heterocycles. The molecule has 4 nitrogen and oxygen atoms in total. The third-order valence-corrected chi connectivity index (χ3v) is 2.95. The lowest BCUT2D eigenvalue weighted by atomic mass is 10.1. The van der Waals surface area contributed by atoms with Crippen LogP contribution in [0.5, 0.6) is 0 Å². The fraction of sp³-hybridized carbons (Fsp3) is 0.100. The average molecular weight is 301 g/mol. The van der Waals surface area contributed by atoms with Crippen molar-refractivity contribution in [2.75, 3.05) is 0 Å². The van der Waals surface area contributed by atoms with E-state index in [4.69, 9.17) is 11.6 Å². The smallest absolute Gasteiger partial charge is 0.156 e. The molecular weight excluding hydrogens is 293 g/mol. The molecule has 0 spiro atoms. The highest BCUT2D eigenvalue weighted by atomic mass is 79.9. The molecule has 0 radical (unpaired) electrons. The van der Waals surface area contributed by atoms with E-state index in [1.807, 2.05) is 0 Å². The molecule has 1 aromatic heterocycles. The molecule has 0 bridgehead atoms. The van der Waals surface area contributed by atoms with Gasteiger partial charge in [0, 0.05) is 23.2 Å². The van der Waals surface area contributed by atoms with Gasteiger partial charge in [-0.3, -0.25) is 4.79 Å². The molecule has 0 saturated heterocycles. The Kier molecular flexibility index (Phi) is 3.07. The van der Waals surface area contributed by atoms with E-state index in [9.17, 15) is 4.79 Å². The van der Waals surface area contributed by atoms with Gasteiger partial charge in [-0.15, -0.1) is 5.10 Å². The van der Waals surface area contributed by atoms with E-state index in [0.717, 1.165) is 17.5 Å². The molecule has 0 saturated carbocycles. The number of carbonyl (C=O) groups excluding carboxylic acids is 1. The molecule has 82 valence electrons. The minimum Gasteiger partial charge on any atom is -0.298 e. The molecule has 0 amide bonds. The Morgan fingerprint density at radius 2 is 2.25 bits per heavy atom. The minimum atomic E-state index is 0.513. The molecule has 0 unspecified atom stereocenters. The van der Waals surface area contributed by atoms with E-state index >= 15 is 0 Å². The molecule has 0 atom stereocenters. The molecule has 1 aromatic carbocycles. The number of hydrogen-bond donors (Lipinski definition) is 0. The van der Waals surface area contributed by atoms with E-state index in [1.165, 1.54) is 0 Å². The Labute approximate surface area is 105 Å². The zero-order valence-electron chi connectivity index (χ0n) is 8.32. The predicted octanol–water partition coefficient (Wildman–Crippen LogP) is 2.71. The molecular formula is C10H7BrClN3O. The van der Waals surface area contributed by atoms with Crippen molar-refractivity contribution in [3.63, 3.8) is 0 Å². The van der Waals surface area contributed by atoms with Gasteiger partial charge >= 0.3 is 0 Å². The number of aromatic nitrogens is 3. The number of nitrogens with zero attached hydrogens (tertiary/aromatic N) is 3. The van der Waals surface area contributed by atoms with Crippen molar-refractivity contribution in [2.24, 2.45) is 7.05 Å². The third kappa shape index (κ3) is 1.88. The normalized spacial score (nSPS) is 10.4. The Balaban J connectivity index is 2.69. The van der Waals surface area contributed by atoms with E-state index in [1.54, 1.807) is 29.9 Å². The second-order valence-corrected chi connectivity index (χ2v) is 4.39. The number of aldehydes is 1. The van der Waals surface area contributed by atoms with Gasteiger partial charge in [0.2, 0.25) is 0 Å². The Bertz CT molecular complexity index is 533. The first kappa shape index (κ1) is 11.3. The topological polar surface area (TPSA) is 47.8 Å².